The van der Waals surface area contributed by atoms with Gasteiger partial charge in [-0.1, -0.05) is 25.8 Å². The number of amides is 1. The molecule has 1 aliphatic rings. The Bertz CT molecular complexity index is 592. The van der Waals surface area contributed by atoms with Gasteiger partial charge in [0.05, 0.1) is 0 Å². The molecular formula is C18H27N3O2S. The molecule has 0 saturated heterocycles. The predicted molar refractivity (Wildman–Crippen MR) is 99.8 cm³/mol. The van der Waals surface area contributed by atoms with Crippen molar-refractivity contribution in [3.05, 3.63) is 29.3 Å². The Kier molecular flexibility index (Phi) is 6.85. The zero-order valence-electron chi connectivity index (χ0n) is 14.6. The van der Waals surface area contributed by atoms with Crippen molar-refractivity contribution in [3.8, 4) is 5.75 Å². The van der Waals surface area contributed by atoms with Crippen molar-refractivity contribution in [1.82, 2.24) is 16.2 Å². The summed E-state index contributed by atoms with van der Waals surface area (Å²) in [5, 5.41) is 3.73. The fraction of sp³-hybridized carbons (Fsp3) is 0.556. The molecule has 0 spiro atoms. The van der Waals surface area contributed by atoms with Crippen LogP contribution >= 0.6 is 12.2 Å². The number of hydrogen-bond donors (Lipinski definition) is 3. The zero-order valence-corrected chi connectivity index (χ0v) is 15.5. The fourth-order valence-corrected chi connectivity index (χ4v) is 3.05. The summed E-state index contributed by atoms with van der Waals surface area (Å²) in [6.45, 7) is 6.23. The number of aryl methyl sites for hydroxylation is 2. The van der Waals surface area contributed by atoms with Crippen molar-refractivity contribution in [2.24, 2.45) is 5.92 Å². The van der Waals surface area contributed by atoms with Gasteiger partial charge in [-0.05, 0) is 68.1 Å². The first-order chi connectivity index (χ1) is 11.5. The van der Waals surface area contributed by atoms with Crippen LogP contribution < -0.4 is 20.9 Å². The SMILES string of the molecule is Cc1ccc(OCC(=O)NNC(=S)N[C@@H]2CCCC[C@H]2C)cc1C. The van der Waals surface area contributed by atoms with Gasteiger partial charge in [0.2, 0.25) is 0 Å². The van der Waals surface area contributed by atoms with Gasteiger partial charge in [-0.2, -0.15) is 0 Å². The van der Waals surface area contributed by atoms with Crippen LogP contribution in [-0.2, 0) is 4.79 Å². The molecule has 1 fully saturated rings. The monoisotopic (exact) mass is 349 g/mol. The van der Waals surface area contributed by atoms with E-state index in [4.69, 9.17) is 17.0 Å². The van der Waals surface area contributed by atoms with E-state index in [9.17, 15) is 4.79 Å². The number of thiocarbonyl (C=S) groups is 1. The van der Waals surface area contributed by atoms with Gasteiger partial charge in [0.1, 0.15) is 5.75 Å². The lowest BCUT2D eigenvalue weighted by Gasteiger charge is -2.30. The summed E-state index contributed by atoms with van der Waals surface area (Å²) < 4.78 is 5.49. The molecule has 1 aliphatic carbocycles. The molecule has 0 bridgehead atoms. The number of hydrazine groups is 1. The Morgan fingerprint density at radius 1 is 1.21 bits per heavy atom. The molecule has 3 N–H and O–H groups in total. The van der Waals surface area contributed by atoms with E-state index in [1.54, 1.807) is 0 Å². The first-order valence-corrected chi connectivity index (χ1v) is 8.92. The number of carbonyl (C=O) groups excluding carboxylic acids is 1. The maximum atomic E-state index is 11.8. The van der Waals surface area contributed by atoms with E-state index in [1.807, 2.05) is 32.0 Å². The average Bonchev–Trinajstić information content (AvgIpc) is 2.56. The lowest BCUT2D eigenvalue weighted by atomic mass is 9.86. The molecule has 2 rings (SSSR count). The van der Waals surface area contributed by atoms with E-state index in [1.165, 1.54) is 24.8 Å². The quantitative estimate of drug-likeness (QED) is 0.576. The molecule has 5 nitrogen and oxygen atoms in total. The number of rotatable bonds is 4. The minimum absolute atomic E-state index is 0.0576. The summed E-state index contributed by atoms with van der Waals surface area (Å²) >= 11 is 5.24. The smallest absolute Gasteiger partial charge is 0.276 e. The van der Waals surface area contributed by atoms with Gasteiger partial charge in [-0.3, -0.25) is 15.6 Å². The highest BCUT2D eigenvalue weighted by Gasteiger charge is 2.21. The van der Waals surface area contributed by atoms with E-state index in [2.05, 4.69) is 23.1 Å². The Labute approximate surface area is 149 Å². The standard InChI is InChI=1S/C18H27N3O2S/c1-12-8-9-15(10-14(12)3)23-11-17(22)20-21-18(24)19-16-7-5-4-6-13(16)2/h8-10,13,16H,4-7,11H2,1-3H3,(H,20,22)(H2,19,21,24)/t13-,16-/m1/s1. The average molecular weight is 350 g/mol. The first-order valence-electron chi connectivity index (χ1n) is 8.51. The second kappa shape index (κ2) is 8.87. The van der Waals surface area contributed by atoms with Crippen molar-refractivity contribution < 1.29 is 9.53 Å². The molecular weight excluding hydrogens is 322 g/mol. The number of hydrogen-bond acceptors (Lipinski definition) is 3. The minimum Gasteiger partial charge on any atom is -0.484 e. The lowest BCUT2D eigenvalue weighted by Crippen LogP contribution is -2.52. The Hall–Kier alpha value is -1.82. The molecule has 1 aromatic carbocycles. The molecule has 0 aromatic heterocycles. The number of nitrogens with one attached hydrogen (secondary N) is 3. The lowest BCUT2D eigenvalue weighted by molar-refractivity contribution is -0.123. The predicted octanol–water partition coefficient (Wildman–Crippen LogP) is 2.76. The highest BCUT2D eigenvalue weighted by molar-refractivity contribution is 7.80. The summed E-state index contributed by atoms with van der Waals surface area (Å²) in [7, 11) is 0. The van der Waals surface area contributed by atoms with Crippen LogP contribution in [0.1, 0.15) is 43.7 Å². The van der Waals surface area contributed by atoms with Gasteiger partial charge >= 0.3 is 0 Å². The molecule has 1 saturated carbocycles. The Morgan fingerprint density at radius 2 is 1.96 bits per heavy atom. The highest BCUT2D eigenvalue weighted by atomic mass is 32.1. The third-order valence-corrected chi connectivity index (χ3v) is 4.81. The molecule has 2 atom stereocenters. The first kappa shape index (κ1) is 18.5. The van der Waals surface area contributed by atoms with Gasteiger partial charge in [0.15, 0.2) is 11.7 Å². The third kappa shape index (κ3) is 5.67. The summed E-state index contributed by atoms with van der Waals surface area (Å²) in [5.41, 5.74) is 7.65. The molecule has 0 radical (unpaired) electrons. The second-order valence-electron chi connectivity index (χ2n) is 6.55. The van der Waals surface area contributed by atoms with Crippen LogP contribution in [0.25, 0.3) is 0 Å². The van der Waals surface area contributed by atoms with Crippen LogP contribution in [0.3, 0.4) is 0 Å². The molecule has 0 heterocycles. The Morgan fingerprint density at radius 3 is 2.67 bits per heavy atom. The topological polar surface area (TPSA) is 62.4 Å². The van der Waals surface area contributed by atoms with Crippen molar-refractivity contribution >= 4 is 23.2 Å². The van der Waals surface area contributed by atoms with Gasteiger partial charge < -0.3 is 10.1 Å². The maximum Gasteiger partial charge on any atom is 0.276 e. The molecule has 1 amide bonds. The Balaban J connectivity index is 1.68. The van der Waals surface area contributed by atoms with Crippen molar-refractivity contribution in [1.29, 1.82) is 0 Å². The number of ether oxygens (including phenoxy) is 1. The van der Waals surface area contributed by atoms with E-state index in [0.29, 0.717) is 22.8 Å². The van der Waals surface area contributed by atoms with Crippen molar-refractivity contribution in [2.75, 3.05) is 6.61 Å². The van der Waals surface area contributed by atoms with Crippen molar-refractivity contribution in [2.45, 2.75) is 52.5 Å². The third-order valence-electron chi connectivity index (χ3n) is 4.59. The molecule has 132 valence electrons. The van der Waals surface area contributed by atoms with Gasteiger partial charge in [0, 0.05) is 6.04 Å². The second-order valence-corrected chi connectivity index (χ2v) is 6.96. The summed E-state index contributed by atoms with van der Waals surface area (Å²) in [5.74, 6) is 1.02. The van der Waals surface area contributed by atoms with E-state index in [0.717, 1.165) is 12.0 Å². The van der Waals surface area contributed by atoms with Crippen LogP contribution in [0.4, 0.5) is 0 Å². The van der Waals surface area contributed by atoms with Gasteiger partial charge in [0.25, 0.3) is 5.91 Å². The fourth-order valence-electron chi connectivity index (χ4n) is 2.85. The van der Waals surface area contributed by atoms with Crippen LogP contribution in [0, 0.1) is 19.8 Å². The summed E-state index contributed by atoms with van der Waals surface area (Å²) in [6.07, 6.45) is 4.84. The van der Waals surface area contributed by atoms with Crippen LogP contribution in [0.5, 0.6) is 5.75 Å². The molecule has 24 heavy (non-hydrogen) atoms. The summed E-state index contributed by atoms with van der Waals surface area (Å²) in [6, 6.07) is 6.14. The molecule has 1 aromatic rings. The van der Waals surface area contributed by atoms with Crippen LogP contribution in [-0.4, -0.2) is 23.7 Å². The maximum absolute atomic E-state index is 11.8. The largest absolute Gasteiger partial charge is 0.484 e. The van der Waals surface area contributed by atoms with Crippen LogP contribution in [0.15, 0.2) is 18.2 Å². The number of carbonyl (C=O) groups is 1. The van der Waals surface area contributed by atoms with E-state index >= 15 is 0 Å². The summed E-state index contributed by atoms with van der Waals surface area (Å²) in [4.78, 5) is 11.8. The minimum atomic E-state index is -0.269. The normalized spacial score (nSPS) is 20.1. The molecule has 0 aliphatic heterocycles. The van der Waals surface area contributed by atoms with Gasteiger partial charge in [-0.25, -0.2) is 0 Å². The highest BCUT2D eigenvalue weighted by Crippen LogP contribution is 2.23. The van der Waals surface area contributed by atoms with E-state index < -0.39 is 0 Å². The molecule has 0 unspecified atom stereocenters. The van der Waals surface area contributed by atoms with Crippen LogP contribution in [0.2, 0.25) is 0 Å². The zero-order chi connectivity index (χ0) is 17.5. The van der Waals surface area contributed by atoms with Crippen molar-refractivity contribution in [3.63, 3.8) is 0 Å². The number of benzene rings is 1. The van der Waals surface area contributed by atoms with Gasteiger partial charge in [-0.15, -0.1) is 0 Å². The van der Waals surface area contributed by atoms with E-state index in [-0.39, 0.29) is 12.5 Å². The molecule has 6 heteroatoms.